The van der Waals surface area contributed by atoms with Crippen molar-refractivity contribution in [1.29, 1.82) is 0 Å². The maximum Gasteiger partial charge on any atom is 0.264 e. The lowest BCUT2D eigenvalue weighted by molar-refractivity contribution is -0.0226. The van der Waals surface area contributed by atoms with Crippen molar-refractivity contribution < 1.29 is 9.53 Å². The normalized spacial score (nSPS) is 18.5. The van der Waals surface area contributed by atoms with Crippen LogP contribution in [0, 0.1) is 0 Å². The minimum Gasteiger partial charge on any atom is -0.370 e. The van der Waals surface area contributed by atoms with Crippen molar-refractivity contribution >= 4 is 60.7 Å². The van der Waals surface area contributed by atoms with Crippen molar-refractivity contribution in [2.24, 2.45) is 0 Å². The summed E-state index contributed by atoms with van der Waals surface area (Å²) in [5, 5.41) is 0.695. The Morgan fingerprint density at radius 2 is 2.05 bits per heavy atom. The second-order valence-corrected chi connectivity index (χ2v) is 8.56. The second-order valence-electron chi connectivity index (χ2n) is 4.89. The molecule has 2 heterocycles. The summed E-state index contributed by atoms with van der Waals surface area (Å²) in [6, 6.07) is 9.42. The third kappa shape index (κ3) is 3.57. The Bertz CT molecular complexity index is 670. The van der Waals surface area contributed by atoms with E-state index in [1.807, 2.05) is 35.2 Å². The fourth-order valence-corrected chi connectivity index (χ4v) is 4.45. The molecule has 0 radical (unpaired) electrons. The SMILES string of the molecule is O=C(c1cc(Br)c(Br)s1)N1CCOC(c2ccc(Cl)cc2)C1. The predicted molar refractivity (Wildman–Crippen MR) is 95.8 cm³/mol. The molecular formula is C15H12Br2ClNO2S. The lowest BCUT2D eigenvalue weighted by atomic mass is 10.1. The molecule has 1 aliphatic rings. The Kier molecular flexibility index (Phi) is 5.24. The number of halogens is 3. The smallest absolute Gasteiger partial charge is 0.264 e. The highest BCUT2D eigenvalue weighted by atomic mass is 79.9. The molecular weight excluding hydrogens is 453 g/mol. The van der Waals surface area contributed by atoms with E-state index in [9.17, 15) is 4.79 Å². The first-order valence-electron chi connectivity index (χ1n) is 6.66. The summed E-state index contributed by atoms with van der Waals surface area (Å²) in [6.07, 6.45) is -0.109. The van der Waals surface area contributed by atoms with E-state index in [0.29, 0.717) is 24.7 Å². The number of amides is 1. The Hall–Kier alpha value is -0.400. The van der Waals surface area contributed by atoms with Gasteiger partial charge in [0.2, 0.25) is 0 Å². The van der Waals surface area contributed by atoms with Crippen LogP contribution in [0.3, 0.4) is 0 Å². The lowest BCUT2D eigenvalue weighted by Crippen LogP contribution is -2.42. The van der Waals surface area contributed by atoms with Gasteiger partial charge in [-0.2, -0.15) is 0 Å². The summed E-state index contributed by atoms with van der Waals surface area (Å²) in [6.45, 7) is 1.69. The van der Waals surface area contributed by atoms with Gasteiger partial charge in [0.05, 0.1) is 21.8 Å². The average Bonchev–Trinajstić information content (AvgIpc) is 2.87. The largest absolute Gasteiger partial charge is 0.370 e. The van der Waals surface area contributed by atoms with E-state index in [-0.39, 0.29) is 12.0 Å². The van der Waals surface area contributed by atoms with E-state index in [1.165, 1.54) is 11.3 Å². The fraction of sp³-hybridized carbons (Fsp3) is 0.267. The number of carbonyl (C=O) groups excluding carboxylic acids is 1. The maximum atomic E-state index is 12.6. The van der Waals surface area contributed by atoms with Crippen LogP contribution < -0.4 is 0 Å². The second kappa shape index (κ2) is 7.01. The van der Waals surface area contributed by atoms with E-state index in [4.69, 9.17) is 16.3 Å². The van der Waals surface area contributed by atoms with Gasteiger partial charge in [0.1, 0.15) is 6.10 Å². The number of morpholine rings is 1. The minimum atomic E-state index is -0.109. The highest BCUT2D eigenvalue weighted by Gasteiger charge is 2.27. The molecule has 1 aromatic heterocycles. The van der Waals surface area contributed by atoms with Crippen LogP contribution in [0.5, 0.6) is 0 Å². The number of hydrogen-bond donors (Lipinski definition) is 0. The van der Waals surface area contributed by atoms with Crippen LogP contribution in [0.2, 0.25) is 5.02 Å². The summed E-state index contributed by atoms with van der Waals surface area (Å²) in [7, 11) is 0. The molecule has 1 saturated heterocycles. The zero-order valence-corrected chi connectivity index (χ0v) is 16.1. The van der Waals surface area contributed by atoms with Gasteiger partial charge in [-0.05, 0) is 55.6 Å². The monoisotopic (exact) mass is 463 g/mol. The van der Waals surface area contributed by atoms with Crippen LogP contribution in [0.25, 0.3) is 0 Å². The van der Waals surface area contributed by atoms with Gasteiger partial charge < -0.3 is 9.64 Å². The van der Waals surface area contributed by atoms with Gasteiger partial charge in [-0.15, -0.1) is 11.3 Å². The van der Waals surface area contributed by atoms with E-state index < -0.39 is 0 Å². The van der Waals surface area contributed by atoms with Gasteiger partial charge in [-0.1, -0.05) is 23.7 Å². The summed E-state index contributed by atoms with van der Waals surface area (Å²) in [4.78, 5) is 15.2. The molecule has 1 unspecified atom stereocenters. The molecule has 1 aromatic carbocycles. The third-order valence-corrected chi connectivity index (χ3v) is 6.95. The molecule has 1 atom stereocenters. The van der Waals surface area contributed by atoms with Crippen LogP contribution in [0.15, 0.2) is 38.6 Å². The summed E-state index contributed by atoms with van der Waals surface area (Å²) in [5.74, 6) is 0.0404. The molecule has 116 valence electrons. The quantitative estimate of drug-likeness (QED) is 0.615. The van der Waals surface area contributed by atoms with Crippen molar-refractivity contribution in [2.45, 2.75) is 6.10 Å². The number of hydrogen-bond acceptors (Lipinski definition) is 3. The molecule has 0 spiro atoms. The van der Waals surface area contributed by atoms with Crippen molar-refractivity contribution in [1.82, 2.24) is 4.90 Å². The summed E-state index contributed by atoms with van der Waals surface area (Å²) < 4.78 is 7.63. The van der Waals surface area contributed by atoms with Crippen LogP contribution in [0.4, 0.5) is 0 Å². The first-order chi connectivity index (χ1) is 10.5. The third-order valence-electron chi connectivity index (χ3n) is 3.45. The Labute approximate surface area is 154 Å². The van der Waals surface area contributed by atoms with Gasteiger partial charge in [0.25, 0.3) is 5.91 Å². The molecule has 1 amide bonds. The van der Waals surface area contributed by atoms with Crippen LogP contribution in [-0.2, 0) is 4.74 Å². The molecule has 22 heavy (non-hydrogen) atoms. The molecule has 2 aromatic rings. The highest BCUT2D eigenvalue weighted by molar-refractivity contribution is 9.13. The maximum absolute atomic E-state index is 12.6. The molecule has 1 aliphatic heterocycles. The van der Waals surface area contributed by atoms with Crippen LogP contribution in [-0.4, -0.2) is 30.5 Å². The fourth-order valence-electron chi connectivity index (χ4n) is 2.32. The van der Waals surface area contributed by atoms with E-state index >= 15 is 0 Å². The van der Waals surface area contributed by atoms with Gasteiger partial charge in [0.15, 0.2) is 0 Å². The number of nitrogens with zero attached hydrogens (tertiary/aromatic N) is 1. The zero-order chi connectivity index (χ0) is 15.7. The van der Waals surface area contributed by atoms with E-state index in [1.54, 1.807) is 0 Å². The number of benzene rings is 1. The number of ether oxygens (including phenoxy) is 1. The topological polar surface area (TPSA) is 29.5 Å². The predicted octanol–water partition coefficient (Wildman–Crippen LogP) is 5.14. The minimum absolute atomic E-state index is 0.0404. The van der Waals surface area contributed by atoms with Gasteiger partial charge in [-0.25, -0.2) is 0 Å². The van der Waals surface area contributed by atoms with Crippen LogP contribution >= 0.6 is 54.8 Å². The lowest BCUT2D eigenvalue weighted by Gasteiger charge is -2.33. The standard InChI is InChI=1S/C15H12Br2ClNO2S/c16-11-7-13(22-14(11)17)15(20)19-5-6-21-12(8-19)9-1-3-10(18)4-2-9/h1-4,7,12H,5-6,8H2. The average molecular weight is 466 g/mol. The molecule has 1 fully saturated rings. The Morgan fingerprint density at radius 1 is 1.32 bits per heavy atom. The first-order valence-corrected chi connectivity index (χ1v) is 9.44. The number of rotatable bonds is 2. The van der Waals surface area contributed by atoms with Crippen molar-refractivity contribution in [2.75, 3.05) is 19.7 Å². The van der Waals surface area contributed by atoms with Crippen molar-refractivity contribution in [3.05, 3.63) is 54.1 Å². The number of thiophene rings is 1. The first kappa shape index (κ1) is 16.5. The summed E-state index contributed by atoms with van der Waals surface area (Å²) >= 11 is 14.2. The zero-order valence-electron chi connectivity index (χ0n) is 11.4. The highest BCUT2D eigenvalue weighted by Crippen LogP contribution is 2.34. The molecule has 0 aliphatic carbocycles. The van der Waals surface area contributed by atoms with E-state index in [2.05, 4.69) is 31.9 Å². The van der Waals surface area contributed by atoms with E-state index in [0.717, 1.165) is 18.7 Å². The molecule has 3 nitrogen and oxygen atoms in total. The molecule has 0 N–H and O–H groups in total. The van der Waals surface area contributed by atoms with Crippen molar-refractivity contribution in [3.8, 4) is 0 Å². The Balaban J connectivity index is 1.75. The molecule has 0 bridgehead atoms. The Morgan fingerprint density at radius 3 is 2.68 bits per heavy atom. The van der Waals surface area contributed by atoms with Gasteiger partial charge in [-0.3, -0.25) is 4.79 Å². The summed E-state index contributed by atoms with van der Waals surface area (Å²) in [5.41, 5.74) is 1.04. The molecule has 0 saturated carbocycles. The van der Waals surface area contributed by atoms with Crippen LogP contribution in [0.1, 0.15) is 21.3 Å². The van der Waals surface area contributed by atoms with Gasteiger partial charge in [0, 0.05) is 16.0 Å². The molecule has 7 heteroatoms. The van der Waals surface area contributed by atoms with Gasteiger partial charge >= 0.3 is 0 Å². The molecule has 3 rings (SSSR count). The van der Waals surface area contributed by atoms with Crippen molar-refractivity contribution in [3.63, 3.8) is 0 Å². The number of carbonyl (C=O) groups is 1.